The van der Waals surface area contributed by atoms with Crippen molar-refractivity contribution in [2.24, 2.45) is 5.28 Å². The number of carbonyl (C=O) groups is 1. The Morgan fingerprint density at radius 3 is 2.83 bits per heavy atom. The van der Waals surface area contributed by atoms with Gasteiger partial charge in [0.25, 0.3) is 10.2 Å². The van der Waals surface area contributed by atoms with Crippen LogP contribution in [0.2, 0.25) is 0 Å². The number of hydrazine groups is 1. The Kier molecular flexibility index (Phi) is 2.32. The van der Waals surface area contributed by atoms with Crippen LogP contribution in [0.15, 0.2) is 5.28 Å². The molecule has 12 heavy (non-hydrogen) atoms. The van der Waals surface area contributed by atoms with Crippen LogP contribution < -0.4 is 0 Å². The molecule has 1 rings (SSSR count). The average Bonchev–Trinajstić information content (AvgIpc) is 2.50. The van der Waals surface area contributed by atoms with Gasteiger partial charge >= 0.3 is 5.97 Å². The minimum Gasteiger partial charge on any atom is -0.480 e. The second kappa shape index (κ2) is 3.24. The molecule has 0 aromatic carbocycles. The number of hydrogen-bond acceptors (Lipinski definition) is 2. The molecule has 7 heteroatoms. The van der Waals surface area contributed by atoms with Crippen molar-refractivity contribution in [1.29, 1.82) is 0 Å². The van der Waals surface area contributed by atoms with E-state index in [9.17, 15) is 4.79 Å². The SMILES string of the molecule is O=C(O)C1CCCN1[N+](O)=NO. The lowest BCUT2D eigenvalue weighted by Crippen LogP contribution is -2.41. The third-order valence-electron chi connectivity index (χ3n) is 1.82. The lowest BCUT2D eigenvalue weighted by atomic mass is 10.2. The summed E-state index contributed by atoms with van der Waals surface area (Å²) in [5.41, 5.74) is 0. The largest absolute Gasteiger partial charge is 0.480 e. The maximum Gasteiger partial charge on any atom is 0.332 e. The summed E-state index contributed by atoms with van der Waals surface area (Å²) in [6, 6.07) is -0.800. The quantitative estimate of drug-likeness (QED) is 0.305. The van der Waals surface area contributed by atoms with Crippen LogP contribution in [0.1, 0.15) is 12.8 Å². The van der Waals surface area contributed by atoms with Crippen LogP contribution in [-0.2, 0) is 4.79 Å². The molecule has 1 heterocycles. The molecule has 0 amide bonds. The lowest BCUT2D eigenvalue weighted by Gasteiger charge is -2.09. The van der Waals surface area contributed by atoms with E-state index in [1.54, 1.807) is 0 Å². The molecule has 1 unspecified atom stereocenters. The summed E-state index contributed by atoms with van der Waals surface area (Å²) >= 11 is 0. The van der Waals surface area contributed by atoms with Crippen LogP contribution in [0, 0.1) is 0 Å². The van der Waals surface area contributed by atoms with Crippen molar-refractivity contribution in [2.75, 3.05) is 6.54 Å². The Morgan fingerprint density at radius 1 is 1.67 bits per heavy atom. The Balaban J connectivity index is 2.70. The second-order valence-electron chi connectivity index (χ2n) is 2.52. The minimum absolute atomic E-state index is 0.159. The van der Waals surface area contributed by atoms with E-state index in [-0.39, 0.29) is 4.97 Å². The fourth-order valence-electron chi connectivity index (χ4n) is 1.27. The molecule has 7 nitrogen and oxygen atoms in total. The number of nitrogens with zero attached hydrogens (tertiary/aromatic N) is 3. The molecule has 0 bridgehead atoms. The van der Waals surface area contributed by atoms with Crippen molar-refractivity contribution in [1.82, 2.24) is 5.01 Å². The summed E-state index contributed by atoms with van der Waals surface area (Å²) in [6.45, 7) is 0.373. The first-order chi connectivity index (χ1) is 5.66. The van der Waals surface area contributed by atoms with Gasteiger partial charge in [-0.25, -0.2) is 10.0 Å². The van der Waals surface area contributed by atoms with Gasteiger partial charge in [0.2, 0.25) is 0 Å². The molecule has 1 aliphatic rings. The van der Waals surface area contributed by atoms with E-state index in [1.165, 1.54) is 0 Å². The Labute approximate surface area is 68.0 Å². The normalized spacial score (nSPS) is 24.5. The molecule has 1 fully saturated rings. The van der Waals surface area contributed by atoms with E-state index in [0.717, 1.165) is 5.01 Å². The predicted octanol–water partition coefficient (Wildman–Crippen LogP) is -0.306. The van der Waals surface area contributed by atoms with Crippen molar-refractivity contribution in [3.63, 3.8) is 0 Å². The number of carboxylic acids is 1. The summed E-state index contributed by atoms with van der Waals surface area (Å²) < 4.78 is 0. The summed E-state index contributed by atoms with van der Waals surface area (Å²) in [5, 5.41) is 29.2. The maximum atomic E-state index is 10.5. The standard InChI is InChI=1S/C5H9N3O4/c9-5(10)4-2-1-3-7(4)8(12)6-11/h4,12H,1-3H2,(H,9,10)/p+1. The highest BCUT2D eigenvalue weighted by Gasteiger charge is 2.39. The zero-order valence-corrected chi connectivity index (χ0v) is 6.29. The predicted molar refractivity (Wildman–Crippen MR) is 33.6 cm³/mol. The summed E-state index contributed by atoms with van der Waals surface area (Å²) in [7, 11) is 0. The van der Waals surface area contributed by atoms with Gasteiger partial charge in [-0.2, -0.15) is 0 Å². The Bertz CT molecular complexity index is 217. The van der Waals surface area contributed by atoms with E-state index < -0.39 is 12.0 Å². The van der Waals surface area contributed by atoms with Gasteiger partial charge in [0.15, 0.2) is 6.04 Å². The molecule has 0 aromatic rings. The molecule has 0 aromatic heterocycles. The molecule has 68 valence electrons. The fourth-order valence-corrected chi connectivity index (χ4v) is 1.27. The fraction of sp³-hybridized carbons (Fsp3) is 0.800. The van der Waals surface area contributed by atoms with Crippen LogP contribution in [0.25, 0.3) is 0 Å². The van der Waals surface area contributed by atoms with Crippen molar-refractivity contribution in [2.45, 2.75) is 18.9 Å². The van der Waals surface area contributed by atoms with Crippen LogP contribution in [0.3, 0.4) is 0 Å². The van der Waals surface area contributed by atoms with E-state index >= 15 is 0 Å². The highest BCUT2D eigenvalue weighted by molar-refractivity contribution is 5.73. The first-order valence-electron chi connectivity index (χ1n) is 3.50. The van der Waals surface area contributed by atoms with Gasteiger partial charge in [-0.15, -0.1) is 0 Å². The molecule has 1 atom stereocenters. The summed E-state index contributed by atoms with van der Waals surface area (Å²) in [4.78, 5) is 10.7. The molecule has 1 aliphatic heterocycles. The van der Waals surface area contributed by atoms with Gasteiger partial charge in [0.1, 0.15) is 0 Å². The number of hydrogen-bond donors (Lipinski definition) is 3. The van der Waals surface area contributed by atoms with E-state index in [0.29, 0.717) is 19.4 Å². The first-order valence-corrected chi connectivity index (χ1v) is 3.50. The van der Waals surface area contributed by atoms with Crippen LogP contribution >= 0.6 is 0 Å². The molecule has 1 saturated heterocycles. The zero-order valence-electron chi connectivity index (χ0n) is 6.29. The number of rotatable bonds is 2. The average molecular weight is 176 g/mol. The van der Waals surface area contributed by atoms with Gasteiger partial charge < -0.3 is 10.3 Å². The smallest absolute Gasteiger partial charge is 0.332 e. The third-order valence-corrected chi connectivity index (χ3v) is 1.82. The van der Waals surface area contributed by atoms with Gasteiger partial charge in [0, 0.05) is 0 Å². The van der Waals surface area contributed by atoms with Crippen molar-refractivity contribution < 1.29 is 25.3 Å². The lowest BCUT2D eigenvalue weighted by molar-refractivity contribution is -0.941. The van der Waals surface area contributed by atoms with Crippen molar-refractivity contribution in [3.05, 3.63) is 0 Å². The van der Waals surface area contributed by atoms with Crippen LogP contribution in [0.4, 0.5) is 0 Å². The first kappa shape index (κ1) is 8.57. The minimum atomic E-state index is -1.03. The zero-order chi connectivity index (χ0) is 9.14. The van der Waals surface area contributed by atoms with Crippen molar-refractivity contribution in [3.8, 4) is 0 Å². The number of carboxylic acid groups (broad SMARTS) is 1. The molecule has 3 N–H and O–H groups in total. The van der Waals surface area contributed by atoms with Gasteiger partial charge in [0.05, 0.1) is 6.54 Å². The maximum absolute atomic E-state index is 10.5. The summed E-state index contributed by atoms with van der Waals surface area (Å²) in [6.07, 6.45) is 1.10. The topological polar surface area (TPSA) is 96.4 Å². The Morgan fingerprint density at radius 2 is 2.33 bits per heavy atom. The van der Waals surface area contributed by atoms with Crippen LogP contribution in [0.5, 0.6) is 0 Å². The van der Waals surface area contributed by atoms with Crippen LogP contribution in [-0.4, -0.2) is 44.1 Å². The monoisotopic (exact) mass is 176 g/mol. The molecule has 0 radical (unpaired) electrons. The Hall–Kier alpha value is -1.53. The molecule has 0 saturated carbocycles. The van der Waals surface area contributed by atoms with E-state index in [4.69, 9.17) is 15.5 Å². The number of aliphatic carboxylic acids is 1. The molecule has 0 aliphatic carbocycles. The highest BCUT2D eigenvalue weighted by atomic mass is 16.6. The molecular weight excluding hydrogens is 166 g/mol. The van der Waals surface area contributed by atoms with Gasteiger partial charge in [-0.05, 0) is 12.8 Å². The molecular formula is C5H10N3O4+. The van der Waals surface area contributed by atoms with Crippen molar-refractivity contribution >= 4 is 5.97 Å². The second-order valence-corrected chi connectivity index (χ2v) is 2.52. The van der Waals surface area contributed by atoms with Gasteiger partial charge in [-0.3, -0.25) is 0 Å². The van der Waals surface area contributed by atoms with E-state index in [1.807, 2.05) is 0 Å². The molecule has 0 spiro atoms. The van der Waals surface area contributed by atoms with E-state index in [2.05, 4.69) is 5.28 Å². The van der Waals surface area contributed by atoms with Gasteiger partial charge in [-0.1, -0.05) is 5.01 Å². The summed E-state index contributed by atoms with van der Waals surface area (Å²) in [5.74, 6) is -1.03. The highest BCUT2D eigenvalue weighted by Crippen LogP contribution is 2.16. The third kappa shape index (κ3) is 1.39.